The van der Waals surface area contributed by atoms with Gasteiger partial charge in [-0.2, -0.15) is 0 Å². The Hall–Kier alpha value is -2.42. The molecule has 3 aromatic rings. The summed E-state index contributed by atoms with van der Waals surface area (Å²) in [6, 6.07) is 13.1. The molecular weight excluding hydrogens is 395 g/mol. The molecule has 0 fully saturated rings. The van der Waals surface area contributed by atoms with Crippen LogP contribution in [0.4, 0.5) is 4.39 Å². The van der Waals surface area contributed by atoms with E-state index in [0.29, 0.717) is 0 Å². The van der Waals surface area contributed by atoms with Crippen LogP contribution in [0, 0.1) is 20.8 Å². The predicted octanol–water partition coefficient (Wildman–Crippen LogP) is 8.93. The monoisotopic (exact) mass is 438 g/mol. The number of unbranched alkanes of at least 4 members (excludes halogenated alkanes) is 2. The van der Waals surface area contributed by atoms with E-state index in [4.69, 9.17) is 4.98 Å². The van der Waals surface area contributed by atoms with Crippen LogP contribution in [-0.4, -0.2) is 16.2 Å². The van der Waals surface area contributed by atoms with Gasteiger partial charge < -0.3 is 0 Å². The summed E-state index contributed by atoms with van der Waals surface area (Å²) in [6.07, 6.45) is 8.04. The molecule has 3 heteroatoms. The highest BCUT2D eigenvalue weighted by molar-refractivity contribution is 5.66. The summed E-state index contributed by atoms with van der Waals surface area (Å²) >= 11 is 0. The molecule has 32 heavy (non-hydrogen) atoms. The maximum atomic E-state index is 10.3. The van der Waals surface area contributed by atoms with Crippen molar-refractivity contribution in [3.8, 4) is 17.1 Å². The van der Waals surface area contributed by atoms with Gasteiger partial charge in [-0.3, -0.25) is 8.96 Å². The third kappa shape index (κ3) is 7.62. The molecule has 3 rings (SSSR count). The molecule has 2 aromatic carbocycles. The molecule has 176 valence electrons. The molecule has 0 aliphatic carbocycles. The Balaban J connectivity index is 0.000000555. The van der Waals surface area contributed by atoms with Crippen molar-refractivity contribution in [1.29, 1.82) is 0 Å². The largest absolute Gasteiger partial charge is 0.299 e. The van der Waals surface area contributed by atoms with Crippen LogP contribution in [0.25, 0.3) is 17.1 Å². The van der Waals surface area contributed by atoms with Crippen molar-refractivity contribution in [3.05, 3.63) is 71.0 Å². The first kappa shape index (κ1) is 27.6. The first-order chi connectivity index (χ1) is 15.1. The number of hydrogen-bond donors (Lipinski definition) is 0. The lowest BCUT2D eigenvalue weighted by atomic mass is 9.83. The summed E-state index contributed by atoms with van der Waals surface area (Å²) in [5.74, 6) is 1.01. The van der Waals surface area contributed by atoms with Gasteiger partial charge in [0, 0.05) is 18.0 Å². The number of imidazole rings is 1. The summed E-state index contributed by atoms with van der Waals surface area (Å²) in [7, 11) is 0. The smallest absolute Gasteiger partial charge is 0.144 e. The minimum atomic E-state index is -0.250. The standard InChI is InChI=1S/C22H26N2.C5H12.C2H5F/c1-15-13-16(2)20(17(3)14-15)24-12-11-23-21(24)18-9-7-8-10-19(18)22(4,5)6;1-3-5-4-2;1-2-3/h7-14H,1-6H3;3-5H2,1-2H3;2H2,1H3. The Bertz CT molecular complexity index is 923. The number of nitrogens with zero attached hydrogens (tertiary/aromatic N) is 2. The highest BCUT2D eigenvalue weighted by atomic mass is 19.1. The molecular formula is C29H43FN2. The fourth-order valence-electron chi connectivity index (χ4n) is 3.92. The first-order valence-corrected chi connectivity index (χ1v) is 11.9. The van der Waals surface area contributed by atoms with Crippen LogP contribution in [0.2, 0.25) is 0 Å². The van der Waals surface area contributed by atoms with E-state index in [2.05, 4.69) is 103 Å². The molecule has 0 aliphatic rings. The minimum absolute atomic E-state index is 0.0741. The van der Waals surface area contributed by atoms with E-state index in [0.717, 1.165) is 5.82 Å². The zero-order chi connectivity index (χ0) is 24.3. The second kappa shape index (κ2) is 13.2. The van der Waals surface area contributed by atoms with Gasteiger partial charge in [-0.15, -0.1) is 0 Å². The summed E-state index contributed by atoms with van der Waals surface area (Å²) in [6.45, 7) is 18.9. The Morgan fingerprint density at radius 2 is 1.44 bits per heavy atom. The van der Waals surface area contributed by atoms with Crippen molar-refractivity contribution >= 4 is 0 Å². The summed E-state index contributed by atoms with van der Waals surface area (Å²) in [5, 5.41) is 0. The van der Waals surface area contributed by atoms with Crippen LogP contribution in [0.15, 0.2) is 48.8 Å². The number of aryl methyl sites for hydroxylation is 3. The van der Waals surface area contributed by atoms with Crippen LogP contribution < -0.4 is 0 Å². The van der Waals surface area contributed by atoms with Crippen molar-refractivity contribution < 1.29 is 4.39 Å². The van der Waals surface area contributed by atoms with E-state index in [1.807, 2.05) is 6.20 Å². The van der Waals surface area contributed by atoms with Gasteiger partial charge in [0.25, 0.3) is 0 Å². The SMILES string of the molecule is CCCCC.CCF.Cc1cc(C)c(-n2ccnc2-c2ccccc2C(C)(C)C)c(C)c1. The molecule has 1 heterocycles. The average molecular weight is 439 g/mol. The lowest BCUT2D eigenvalue weighted by Gasteiger charge is -2.23. The molecule has 0 N–H and O–H groups in total. The van der Waals surface area contributed by atoms with E-state index in [9.17, 15) is 4.39 Å². The second-order valence-corrected chi connectivity index (χ2v) is 9.28. The zero-order valence-electron chi connectivity index (χ0n) is 21.7. The minimum Gasteiger partial charge on any atom is -0.299 e. The number of halogens is 1. The van der Waals surface area contributed by atoms with Crippen LogP contribution in [0.1, 0.15) is 83.1 Å². The second-order valence-electron chi connectivity index (χ2n) is 9.28. The topological polar surface area (TPSA) is 17.8 Å². The summed E-state index contributed by atoms with van der Waals surface area (Å²) in [4.78, 5) is 4.70. The van der Waals surface area contributed by atoms with Gasteiger partial charge in [0.1, 0.15) is 5.82 Å². The summed E-state index contributed by atoms with van der Waals surface area (Å²) in [5.41, 5.74) is 7.68. The highest BCUT2D eigenvalue weighted by Gasteiger charge is 2.21. The number of hydrogen-bond acceptors (Lipinski definition) is 1. The fourth-order valence-corrected chi connectivity index (χ4v) is 3.92. The molecule has 0 radical (unpaired) electrons. The Morgan fingerprint density at radius 3 is 1.91 bits per heavy atom. The fraction of sp³-hybridized carbons (Fsp3) is 0.483. The van der Waals surface area contributed by atoms with Crippen molar-refractivity contribution in [2.45, 2.75) is 87.0 Å². The molecule has 0 atom stereocenters. The van der Waals surface area contributed by atoms with Crippen molar-refractivity contribution in [1.82, 2.24) is 9.55 Å². The van der Waals surface area contributed by atoms with Gasteiger partial charge in [0.15, 0.2) is 0 Å². The van der Waals surface area contributed by atoms with Crippen LogP contribution in [0.3, 0.4) is 0 Å². The van der Waals surface area contributed by atoms with E-state index in [1.165, 1.54) is 59.7 Å². The lowest BCUT2D eigenvalue weighted by Crippen LogP contribution is -2.14. The van der Waals surface area contributed by atoms with Gasteiger partial charge in [-0.05, 0) is 49.8 Å². The summed E-state index contributed by atoms with van der Waals surface area (Å²) < 4.78 is 12.5. The van der Waals surface area contributed by atoms with Gasteiger partial charge in [0.05, 0.1) is 12.4 Å². The molecule has 1 aromatic heterocycles. The third-order valence-electron chi connectivity index (χ3n) is 5.20. The molecule has 2 nitrogen and oxygen atoms in total. The van der Waals surface area contributed by atoms with Crippen LogP contribution >= 0.6 is 0 Å². The average Bonchev–Trinajstić information content (AvgIpc) is 3.17. The van der Waals surface area contributed by atoms with E-state index in [1.54, 1.807) is 0 Å². The molecule has 0 amide bonds. The molecule has 0 unspecified atom stereocenters. The predicted molar refractivity (Wildman–Crippen MR) is 139 cm³/mol. The zero-order valence-corrected chi connectivity index (χ0v) is 21.7. The number of benzene rings is 2. The lowest BCUT2D eigenvalue weighted by molar-refractivity contribution is 0.527. The van der Waals surface area contributed by atoms with E-state index in [-0.39, 0.29) is 12.1 Å². The van der Waals surface area contributed by atoms with Crippen molar-refractivity contribution in [2.24, 2.45) is 0 Å². The third-order valence-corrected chi connectivity index (χ3v) is 5.20. The molecule has 0 aliphatic heterocycles. The Kier molecular flexibility index (Phi) is 11.4. The number of rotatable bonds is 4. The number of aromatic nitrogens is 2. The maximum absolute atomic E-state index is 10.3. The van der Waals surface area contributed by atoms with Crippen molar-refractivity contribution in [2.75, 3.05) is 6.67 Å². The molecule has 0 bridgehead atoms. The van der Waals surface area contributed by atoms with Gasteiger partial charge in [-0.1, -0.05) is 95.8 Å². The Morgan fingerprint density at radius 1 is 0.906 bits per heavy atom. The highest BCUT2D eigenvalue weighted by Crippen LogP contribution is 2.34. The molecule has 0 spiro atoms. The van der Waals surface area contributed by atoms with Crippen molar-refractivity contribution in [3.63, 3.8) is 0 Å². The van der Waals surface area contributed by atoms with Crippen LogP contribution in [0.5, 0.6) is 0 Å². The normalized spacial score (nSPS) is 10.7. The molecule has 0 saturated heterocycles. The van der Waals surface area contributed by atoms with E-state index >= 15 is 0 Å². The Labute approximate surface area is 195 Å². The maximum Gasteiger partial charge on any atom is 0.144 e. The van der Waals surface area contributed by atoms with Gasteiger partial charge in [0.2, 0.25) is 0 Å². The molecule has 0 saturated carbocycles. The quantitative estimate of drug-likeness (QED) is 0.397. The number of alkyl halides is 1. The van der Waals surface area contributed by atoms with Crippen LogP contribution in [-0.2, 0) is 5.41 Å². The van der Waals surface area contributed by atoms with Gasteiger partial charge >= 0.3 is 0 Å². The first-order valence-electron chi connectivity index (χ1n) is 11.9. The van der Waals surface area contributed by atoms with E-state index < -0.39 is 0 Å². The van der Waals surface area contributed by atoms with Gasteiger partial charge in [-0.25, -0.2) is 4.98 Å².